The lowest BCUT2D eigenvalue weighted by Gasteiger charge is -2.18. The quantitative estimate of drug-likeness (QED) is 0.364. The predicted molar refractivity (Wildman–Crippen MR) is 93.5 cm³/mol. The molecular weight excluding hydrogens is 349 g/mol. The first-order valence-electron chi connectivity index (χ1n) is 7.16. The van der Waals surface area contributed by atoms with Gasteiger partial charge in [0.05, 0.1) is 17.1 Å². The van der Waals surface area contributed by atoms with Gasteiger partial charge < -0.3 is 9.47 Å². The summed E-state index contributed by atoms with van der Waals surface area (Å²) >= 11 is 12.5. The summed E-state index contributed by atoms with van der Waals surface area (Å²) in [4.78, 5) is 2.83. The van der Waals surface area contributed by atoms with Gasteiger partial charge in [-0.05, 0) is 52.9 Å². The van der Waals surface area contributed by atoms with Crippen molar-refractivity contribution in [1.29, 1.82) is 0 Å². The largest absolute Gasteiger partial charge is 0.455 e. The van der Waals surface area contributed by atoms with Crippen LogP contribution in [0.2, 0.25) is 10.0 Å². The number of benzene rings is 2. The zero-order chi connectivity index (χ0) is 17.1. The molecule has 0 fully saturated rings. The van der Waals surface area contributed by atoms with Crippen molar-refractivity contribution >= 4 is 23.2 Å². The summed E-state index contributed by atoms with van der Waals surface area (Å²) in [6.07, 6.45) is 2.27. The van der Waals surface area contributed by atoms with E-state index in [0.717, 1.165) is 22.3 Å². The van der Waals surface area contributed by atoms with E-state index in [-0.39, 0.29) is 6.54 Å². The Balaban J connectivity index is 2.11. The SMILES string of the molecule is Cc1cc(Cl)ccc1-c1cc(Cl)c(C2OC=CO2)c(CN=[N+]=[N-])c1. The van der Waals surface area contributed by atoms with Crippen molar-refractivity contribution in [2.45, 2.75) is 19.8 Å². The van der Waals surface area contributed by atoms with Gasteiger partial charge in [-0.3, -0.25) is 0 Å². The highest BCUT2D eigenvalue weighted by atomic mass is 35.5. The Kier molecular flexibility index (Phi) is 4.86. The topological polar surface area (TPSA) is 67.2 Å². The van der Waals surface area contributed by atoms with Crippen LogP contribution in [0.3, 0.4) is 0 Å². The molecule has 7 heteroatoms. The number of hydrogen-bond acceptors (Lipinski definition) is 3. The minimum Gasteiger partial charge on any atom is -0.455 e. The highest BCUT2D eigenvalue weighted by Gasteiger charge is 2.23. The Labute approximate surface area is 149 Å². The molecule has 0 bridgehead atoms. The summed E-state index contributed by atoms with van der Waals surface area (Å²) < 4.78 is 10.8. The van der Waals surface area contributed by atoms with E-state index in [1.165, 1.54) is 12.5 Å². The Hall–Kier alpha value is -2.33. The summed E-state index contributed by atoms with van der Waals surface area (Å²) in [5.41, 5.74) is 13.0. The van der Waals surface area contributed by atoms with Crippen LogP contribution in [-0.2, 0) is 16.0 Å². The molecule has 0 radical (unpaired) electrons. The molecule has 1 aliphatic heterocycles. The fourth-order valence-corrected chi connectivity index (χ4v) is 3.21. The summed E-state index contributed by atoms with van der Waals surface area (Å²) in [6.45, 7) is 2.12. The first-order chi connectivity index (χ1) is 11.6. The number of ether oxygens (including phenoxy) is 2. The molecular formula is C17H13Cl2N3O2. The maximum atomic E-state index is 8.65. The van der Waals surface area contributed by atoms with Crippen LogP contribution in [0.5, 0.6) is 0 Å². The van der Waals surface area contributed by atoms with E-state index in [2.05, 4.69) is 10.0 Å². The van der Waals surface area contributed by atoms with Crippen LogP contribution in [0.15, 0.2) is 48.0 Å². The molecule has 0 unspecified atom stereocenters. The number of rotatable bonds is 4. The van der Waals surface area contributed by atoms with Crippen LogP contribution in [-0.4, -0.2) is 0 Å². The van der Waals surface area contributed by atoms with E-state index in [1.807, 2.05) is 37.3 Å². The lowest BCUT2D eigenvalue weighted by molar-refractivity contribution is -0.0251. The molecule has 2 aromatic rings. The van der Waals surface area contributed by atoms with E-state index in [4.69, 9.17) is 38.2 Å². The molecule has 0 aliphatic carbocycles. The van der Waals surface area contributed by atoms with Gasteiger partial charge in [-0.25, -0.2) is 0 Å². The van der Waals surface area contributed by atoms with Gasteiger partial charge in [0.2, 0.25) is 0 Å². The Morgan fingerprint density at radius 1 is 1.17 bits per heavy atom. The fraction of sp³-hybridized carbons (Fsp3) is 0.176. The standard InChI is InChI=1S/C17H13Cl2N3O2/c1-10-6-13(18)2-3-14(10)11-7-12(9-21-22-20)16(15(19)8-11)17-23-4-5-24-17/h2-8,17H,9H2,1H3. The Morgan fingerprint density at radius 3 is 2.58 bits per heavy atom. The third-order valence-corrected chi connectivity index (χ3v) is 4.26. The van der Waals surface area contributed by atoms with E-state index >= 15 is 0 Å². The second kappa shape index (κ2) is 7.05. The minimum atomic E-state index is -0.637. The zero-order valence-corrected chi connectivity index (χ0v) is 14.3. The average Bonchev–Trinajstić information content (AvgIpc) is 3.06. The molecule has 1 aliphatic rings. The second-order valence-corrected chi connectivity index (χ2v) is 6.10. The Bertz CT molecular complexity index is 853. The number of aryl methyl sites for hydroxylation is 1. The van der Waals surface area contributed by atoms with Crippen LogP contribution < -0.4 is 0 Å². The molecule has 0 spiro atoms. The molecule has 0 amide bonds. The van der Waals surface area contributed by atoms with Crippen molar-refractivity contribution in [3.8, 4) is 11.1 Å². The molecule has 0 saturated carbocycles. The second-order valence-electron chi connectivity index (χ2n) is 5.26. The molecule has 122 valence electrons. The van der Waals surface area contributed by atoms with Crippen LogP contribution in [0.1, 0.15) is 23.0 Å². The first kappa shape index (κ1) is 16.5. The third-order valence-electron chi connectivity index (χ3n) is 3.71. The molecule has 0 saturated heterocycles. The number of halogens is 2. The maximum absolute atomic E-state index is 8.65. The Morgan fingerprint density at radius 2 is 1.92 bits per heavy atom. The fourth-order valence-electron chi connectivity index (χ4n) is 2.66. The summed E-state index contributed by atoms with van der Waals surface area (Å²) in [7, 11) is 0. The van der Waals surface area contributed by atoms with Crippen molar-refractivity contribution in [3.05, 3.63) is 80.0 Å². The van der Waals surface area contributed by atoms with Crippen LogP contribution in [0, 0.1) is 6.92 Å². The van der Waals surface area contributed by atoms with Gasteiger partial charge in [0.25, 0.3) is 6.29 Å². The molecule has 1 heterocycles. The van der Waals surface area contributed by atoms with Gasteiger partial charge >= 0.3 is 0 Å². The summed E-state index contributed by atoms with van der Waals surface area (Å²) in [6, 6.07) is 9.42. The average molecular weight is 362 g/mol. The highest BCUT2D eigenvalue weighted by molar-refractivity contribution is 6.32. The molecule has 24 heavy (non-hydrogen) atoms. The minimum absolute atomic E-state index is 0.148. The predicted octanol–water partition coefficient (Wildman–Crippen LogP) is 6.30. The highest BCUT2D eigenvalue weighted by Crippen LogP contribution is 2.38. The van der Waals surface area contributed by atoms with E-state index in [1.54, 1.807) is 0 Å². The van der Waals surface area contributed by atoms with Crippen LogP contribution in [0.25, 0.3) is 21.6 Å². The van der Waals surface area contributed by atoms with Crippen molar-refractivity contribution in [2.24, 2.45) is 5.11 Å². The number of hydrogen-bond donors (Lipinski definition) is 0. The van der Waals surface area contributed by atoms with Gasteiger partial charge in [0.1, 0.15) is 12.5 Å². The monoisotopic (exact) mass is 361 g/mol. The molecule has 0 N–H and O–H groups in total. The molecule has 2 aromatic carbocycles. The first-order valence-corrected chi connectivity index (χ1v) is 7.91. The summed E-state index contributed by atoms with van der Waals surface area (Å²) in [5.74, 6) is 0. The van der Waals surface area contributed by atoms with Crippen molar-refractivity contribution in [1.82, 2.24) is 0 Å². The normalized spacial score (nSPS) is 13.3. The third kappa shape index (κ3) is 3.29. The van der Waals surface area contributed by atoms with Crippen LogP contribution >= 0.6 is 23.2 Å². The lowest BCUT2D eigenvalue weighted by atomic mass is 9.96. The van der Waals surface area contributed by atoms with E-state index in [9.17, 15) is 0 Å². The van der Waals surface area contributed by atoms with Crippen molar-refractivity contribution < 1.29 is 9.47 Å². The molecule has 0 aromatic heterocycles. The molecule has 0 atom stereocenters. The zero-order valence-electron chi connectivity index (χ0n) is 12.7. The maximum Gasteiger partial charge on any atom is 0.268 e. The van der Waals surface area contributed by atoms with Gasteiger partial charge in [-0.2, -0.15) is 0 Å². The van der Waals surface area contributed by atoms with Gasteiger partial charge in [-0.15, -0.1) is 0 Å². The van der Waals surface area contributed by atoms with Gasteiger partial charge in [0, 0.05) is 9.93 Å². The smallest absolute Gasteiger partial charge is 0.268 e. The van der Waals surface area contributed by atoms with Crippen LogP contribution in [0.4, 0.5) is 0 Å². The van der Waals surface area contributed by atoms with Gasteiger partial charge in [-0.1, -0.05) is 40.4 Å². The van der Waals surface area contributed by atoms with E-state index in [0.29, 0.717) is 15.6 Å². The van der Waals surface area contributed by atoms with Crippen molar-refractivity contribution in [3.63, 3.8) is 0 Å². The van der Waals surface area contributed by atoms with Crippen molar-refractivity contribution in [2.75, 3.05) is 0 Å². The molecule has 5 nitrogen and oxygen atoms in total. The van der Waals surface area contributed by atoms with Gasteiger partial charge in [0.15, 0.2) is 0 Å². The molecule has 3 rings (SSSR count). The number of nitrogens with zero attached hydrogens (tertiary/aromatic N) is 3. The number of azide groups is 1. The van der Waals surface area contributed by atoms with E-state index < -0.39 is 6.29 Å². The summed E-state index contributed by atoms with van der Waals surface area (Å²) in [5, 5.41) is 4.81. The lowest BCUT2D eigenvalue weighted by Crippen LogP contribution is -2.04.